The van der Waals surface area contributed by atoms with Gasteiger partial charge in [0, 0.05) is 13.1 Å². The molecule has 2 N–H and O–H groups in total. The largest absolute Gasteiger partial charge is 0.355 e. The highest BCUT2D eigenvalue weighted by Gasteiger charge is 1.86. The highest BCUT2D eigenvalue weighted by atomic mass is 16.1. The second-order valence-corrected chi connectivity index (χ2v) is 5.45. The van der Waals surface area contributed by atoms with Crippen molar-refractivity contribution >= 4 is 12.7 Å². The Hall–Kier alpha value is -2.20. The van der Waals surface area contributed by atoms with Crippen molar-refractivity contribution in [1.29, 1.82) is 0 Å². The number of carbonyl (C=O) groups is 2. The van der Waals surface area contributed by atoms with E-state index in [9.17, 15) is 4.79 Å². The Morgan fingerprint density at radius 2 is 1.52 bits per heavy atom. The van der Waals surface area contributed by atoms with Crippen LogP contribution in [0.3, 0.4) is 0 Å². The third-order valence-corrected chi connectivity index (χ3v) is 2.88. The minimum absolute atomic E-state index is 0.432. The van der Waals surface area contributed by atoms with Crippen LogP contribution < -0.4 is 10.6 Å². The third-order valence-electron chi connectivity index (χ3n) is 2.88. The molecule has 4 nitrogen and oxygen atoms in total. The summed E-state index contributed by atoms with van der Waals surface area (Å²) in [5.41, 5.74) is 0. The van der Waals surface area contributed by atoms with Gasteiger partial charge in [-0.15, -0.1) is 0 Å². The molecule has 0 aromatic heterocycles. The van der Waals surface area contributed by atoms with E-state index in [1.165, 1.54) is 19.8 Å². The molecule has 0 aliphatic rings. The molecule has 4 heteroatoms. The lowest BCUT2D eigenvalue weighted by Gasteiger charge is -1.96. The zero-order valence-electron chi connectivity index (χ0n) is 17.9. The van der Waals surface area contributed by atoms with Crippen molar-refractivity contribution in [1.82, 2.24) is 10.6 Å². The van der Waals surface area contributed by atoms with E-state index in [1.807, 2.05) is 25.3 Å². The molecule has 1 amide bonds. The molecular weight excluding hydrogens is 336 g/mol. The van der Waals surface area contributed by atoms with Gasteiger partial charge in [0.1, 0.15) is 6.29 Å². The normalized spacial score (nSPS) is 12.2. The fraction of sp³-hybridized carbons (Fsp3) is 0.478. The molecule has 1 unspecified atom stereocenters. The molecule has 0 heterocycles. The van der Waals surface area contributed by atoms with E-state index in [2.05, 4.69) is 73.9 Å². The van der Waals surface area contributed by atoms with Crippen LogP contribution in [0.15, 0.2) is 60.8 Å². The van der Waals surface area contributed by atoms with Crippen molar-refractivity contribution in [2.45, 2.75) is 47.0 Å². The zero-order valence-corrected chi connectivity index (χ0v) is 17.9. The number of carbonyl (C=O) groups excluding carboxylic acids is 2. The van der Waals surface area contributed by atoms with Crippen LogP contribution in [0.5, 0.6) is 0 Å². The molecule has 0 radical (unpaired) electrons. The van der Waals surface area contributed by atoms with Crippen molar-refractivity contribution in [2.24, 2.45) is 5.92 Å². The van der Waals surface area contributed by atoms with Crippen LogP contribution >= 0.6 is 0 Å². The maximum Gasteiger partial charge on any atom is 0.207 e. The van der Waals surface area contributed by atoms with Gasteiger partial charge in [0.05, 0.1) is 0 Å². The van der Waals surface area contributed by atoms with Crippen molar-refractivity contribution < 1.29 is 9.59 Å². The monoisotopic (exact) mass is 376 g/mol. The molecular formula is C23H40N2O2. The summed E-state index contributed by atoms with van der Waals surface area (Å²) in [5.74, 6) is 0.432. The minimum Gasteiger partial charge on any atom is -0.355 e. The van der Waals surface area contributed by atoms with Gasteiger partial charge < -0.3 is 15.4 Å². The highest BCUT2D eigenvalue weighted by molar-refractivity contribution is 5.46. The molecule has 0 aliphatic heterocycles. The topological polar surface area (TPSA) is 58.2 Å². The molecule has 0 rings (SSSR count). The van der Waals surface area contributed by atoms with Crippen molar-refractivity contribution in [2.75, 3.05) is 20.1 Å². The van der Waals surface area contributed by atoms with Crippen molar-refractivity contribution in [3.63, 3.8) is 0 Å². The smallest absolute Gasteiger partial charge is 0.207 e. The van der Waals surface area contributed by atoms with Gasteiger partial charge in [-0.05, 0) is 46.1 Å². The van der Waals surface area contributed by atoms with Gasteiger partial charge in [0.25, 0.3) is 0 Å². The molecule has 0 saturated heterocycles. The summed E-state index contributed by atoms with van der Waals surface area (Å²) >= 11 is 0. The Kier molecular flexibility index (Phi) is 34.5. The molecule has 0 aromatic carbocycles. The Morgan fingerprint density at radius 1 is 0.852 bits per heavy atom. The molecule has 0 bridgehead atoms. The molecule has 0 saturated carbocycles. The van der Waals surface area contributed by atoms with E-state index in [0.717, 1.165) is 19.3 Å². The van der Waals surface area contributed by atoms with Gasteiger partial charge in [-0.3, -0.25) is 4.79 Å². The summed E-state index contributed by atoms with van der Waals surface area (Å²) in [6.07, 6.45) is 25.9. The summed E-state index contributed by atoms with van der Waals surface area (Å²) in [5, 5.41) is 5.60. The van der Waals surface area contributed by atoms with E-state index in [1.54, 1.807) is 0 Å². The Bertz CT molecular complexity index is 436. The number of unbranched alkanes of at least 4 members (excludes halogenated alkanes) is 1. The Morgan fingerprint density at radius 3 is 2.07 bits per heavy atom. The quantitative estimate of drug-likeness (QED) is 0.223. The lowest BCUT2D eigenvalue weighted by molar-refractivity contribution is -0.109. The predicted octanol–water partition coefficient (Wildman–Crippen LogP) is 4.77. The molecule has 0 fully saturated rings. The van der Waals surface area contributed by atoms with Gasteiger partial charge in [0.2, 0.25) is 6.41 Å². The first-order chi connectivity index (χ1) is 13.1. The molecule has 1 atom stereocenters. The molecule has 154 valence electrons. The molecule has 0 aliphatic carbocycles. The van der Waals surface area contributed by atoms with Crippen molar-refractivity contribution in [3.05, 3.63) is 60.8 Å². The maximum atomic E-state index is 9.91. The summed E-state index contributed by atoms with van der Waals surface area (Å²) < 4.78 is 0. The first-order valence-corrected chi connectivity index (χ1v) is 9.61. The van der Waals surface area contributed by atoms with Crippen LogP contribution in [-0.4, -0.2) is 32.8 Å². The summed E-state index contributed by atoms with van der Waals surface area (Å²) in [7, 11) is 1.92. The average molecular weight is 377 g/mol. The van der Waals surface area contributed by atoms with Crippen LogP contribution in [0.1, 0.15) is 47.0 Å². The number of rotatable bonds is 12. The van der Waals surface area contributed by atoms with Crippen LogP contribution in [0.4, 0.5) is 0 Å². The minimum atomic E-state index is 0.432. The number of hydrogen-bond acceptors (Lipinski definition) is 3. The Balaban J connectivity index is -0.000000407. The summed E-state index contributed by atoms with van der Waals surface area (Å²) in [6.45, 7) is 9.27. The molecule has 0 spiro atoms. The van der Waals surface area contributed by atoms with Crippen LogP contribution in [0.2, 0.25) is 0 Å². The number of allylic oxidation sites excluding steroid dienone is 8. The fourth-order valence-electron chi connectivity index (χ4n) is 1.61. The third kappa shape index (κ3) is 40.1. The van der Waals surface area contributed by atoms with E-state index in [4.69, 9.17) is 4.79 Å². The maximum absolute atomic E-state index is 9.91. The number of hydrogen-bond donors (Lipinski definition) is 2. The van der Waals surface area contributed by atoms with Gasteiger partial charge in [-0.1, -0.05) is 74.6 Å². The second-order valence-electron chi connectivity index (χ2n) is 5.45. The van der Waals surface area contributed by atoms with Crippen LogP contribution in [0, 0.1) is 5.92 Å². The number of amides is 1. The molecule has 0 aromatic rings. The van der Waals surface area contributed by atoms with E-state index in [0.29, 0.717) is 18.9 Å². The van der Waals surface area contributed by atoms with Gasteiger partial charge >= 0.3 is 0 Å². The summed E-state index contributed by atoms with van der Waals surface area (Å²) in [6, 6.07) is 0. The number of likely N-dealkylation sites (N-methyl/N-ethyl adjacent to an activating group) is 1. The van der Waals surface area contributed by atoms with Gasteiger partial charge in [-0.2, -0.15) is 0 Å². The van der Waals surface area contributed by atoms with E-state index in [-0.39, 0.29) is 0 Å². The zero-order chi connectivity index (χ0) is 21.0. The van der Waals surface area contributed by atoms with Crippen LogP contribution in [-0.2, 0) is 9.59 Å². The van der Waals surface area contributed by atoms with Crippen LogP contribution in [0.25, 0.3) is 0 Å². The average Bonchev–Trinajstić information content (AvgIpc) is 2.66. The lowest BCUT2D eigenvalue weighted by Crippen LogP contribution is -2.09. The number of nitrogens with one attached hydrogen (secondary N) is 2. The highest BCUT2D eigenvalue weighted by Crippen LogP contribution is 1.98. The number of aldehydes is 1. The standard InChI is InChI=1S/C12H20N2O.C9H16.C2H4O/c1-12(8-6-9-13-2)7-4-3-5-10-14-11-15;1-3-5-7-9-8-6-4-2;1-2-3/h3-8,11-13H,9-10H2,1-2H3,(H,14,15);3,5-6,8H,4,7,9H2,1-2H3;2H,1H3/b5-3-,7-4-,8-6+;5-3-,8-6+;. The van der Waals surface area contributed by atoms with Crippen molar-refractivity contribution in [3.8, 4) is 0 Å². The predicted molar refractivity (Wildman–Crippen MR) is 120 cm³/mol. The SMILES string of the molecule is C/C=C\CC/C=C/CC.CC=O.CNC/C=C/C(C)/C=C\C=C/CNC=O. The molecule has 27 heavy (non-hydrogen) atoms. The first kappa shape index (κ1) is 29.6. The fourth-order valence-corrected chi connectivity index (χ4v) is 1.61. The first-order valence-electron chi connectivity index (χ1n) is 9.61. The second kappa shape index (κ2) is 31.6. The van der Waals surface area contributed by atoms with E-state index < -0.39 is 0 Å². The van der Waals surface area contributed by atoms with Gasteiger partial charge in [0.15, 0.2) is 0 Å². The Labute approximate surface area is 167 Å². The van der Waals surface area contributed by atoms with E-state index >= 15 is 0 Å². The summed E-state index contributed by atoms with van der Waals surface area (Å²) in [4.78, 5) is 18.7. The lowest BCUT2D eigenvalue weighted by atomic mass is 10.1. The van der Waals surface area contributed by atoms with Gasteiger partial charge in [-0.25, -0.2) is 0 Å².